The van der Waals surface area contributed by atoms with E-state index in [1.807, 2.05) is 30.3 Å². The maximum absolute atomic E-state index is 12.4. The van der Waals surface area contributed by atoms with Gasteiger partial charge in [0, 0.05) is 11.6 Å². The number of carbonyl (C=O) groups excluding carboxylic acids is 1. The minimum atomic E-state index is -0.468. The van der Waals surface area contributed by atoms with Crippen LogP contribution in [0.4, 0.5) is 11.4 Å². The number of hydrogen-bond donors (Lipinski definition) is 1. The summed E-state index contributed by atoms with van der Waals surface area (Å²) in [6, 6.07) is 21.1. The molecule has 136 valence electrons. The van der Waals surface area contributed by atoms with Crippen molar-refractivity contribution >= 4 is 17.3 Å². The van der Waals surface area contributed by atoms with Gasteiger partial charge in [-0.2, -0.15) is 0 Å². The lowest BCUT2D eigenvalue weighted by Crippen LogP contribution is -2.13. The minimum Gasteiger partial charge on any atom is -0.489 e. The Hall–Kier alpha value is -3.67. The Balaban J connectivity index is 1.66. The number of nitrogens with zero attached hydrogens (tertiary/aromatic N) is 1. The third-order valence-electron chi connectivity index (χ3n) is 4.11. The fourth-order valence-electron chi connectivity index (χ4n) is 2.59. The fourth-order valence-corrected chi connectivity index (χ4v) is 2.59. The Morgan fingerprint density at radius 3 is 2.37 bits per heavy atom. The average Bonchev–Trinajstić information content (AvgIpc) is 2.69. The van der Waals surface area contributed by atoms with Crippen molar-refractivity contribution in [3.05, 3.63) is 99.6 Å². The van der Waals surface area contributed by atoms with E-state index >= 15 is 0 Å². The van der Waals surface area contributed by atoms with E-state index in [9.17, 15) is 14.9 Å². The van der Waals surface area contributed by atoms with Crippen LogP contribution in [0, 0.1) is 17.0 Å². The quantitative estimate of drug-likeness (QED) is 0.507. The van der Waals surface area contributed by atoms with E-state index in [0.29, 0.717) is 29.2 Å². The average molecular weight is 362 g/mol. The van der Waals surface area contributed by atoms with E-state index in [1.165, 1.54) is 6.07 Å². The van der Waals surface area contributed by atoms with Crippen LogP contribution in [0.25, 0.3) is 0 Å². The van der Waals surface area contributed by atoms with Crippen molar-refractivity contribution in [3.8, 4) is 5.75 Å². The summed E-state index contributed by atoms with van der Waals surface area (Å²) in [5.41, 5.74) is 2.29. The van der Waals surface area contributed by atoms with Crippen molar-refractivity contribution in [2.75, 3.05) is 5.32 Å². The molecule has 3 aromatic rings. The Morgan fingerprint density at radius 2 is 1.70 bits per heavy atom. The molecule has 27 heavy (non-hydrogen) atoms. The van der Waals surface area contributed by atoms with E-state index < -0.39 is 4.92 Å². The SMILES string of the molecule is Cc1c(NC(=O)c2ccc(OCc3ccccc3)cc2)cccc1[N+](=O)[O-]. The summed E-state index contributed by atoms with van der Waals surface area (Å²) in [7, 11) is 0. The predicted octanol–water partition coefficient (Wildman–Crippen LogP) is 4.73. The van der Waals surface area contributed by atoms with Gasteiger partial charge < -0.3 is 10.1 Å². The molecule has 0 atom stereocenters. The summed E-state index contributed by atoms with van der Waals surface area (Å²) >= 11 is 0. The zero-order valence-corrected chi connectivity index (χ0v) is 14.7. The third kappa shape index (κ3) is 4.49. The maximum atomic E-state index is 12.4. The van der Waals surface area contributed by atoms with Crippen molar-refractivity contribution in [1.29, 1.82) is 0 Å². The van der Waals surface area contributed by atoms with E-state index in [1.54, 1.807) is 43.3 Å². The van der Waals surface area contributed by atoms with Crippen molar-refractivity contribution in [3.63, 3.8) is 0 Å². The number of amides is 1. The minimum absolute atomic E-state index is 0.0301. The molecule has 6 heteroatoms. The first kappa shape index (κ1) is 18.1. The van der Waals surface area contributed by atoms with Gasteiger partial charge in [0.25, 0.3) is 11.6 Å². The van der Waals surface area contributed by atoms with E-state index in [-0.39, 0.29) is 11.6 Å². The molecule has 0 radical (unpaired) electrons. The summed E-state index contributed by atoms with van der Waals surface area (Å²) in [4.78, 5) is 23.0. The molecule has 0 fully saturated rings. The van der Waals surface area contributed by atoms with Gasteiger partial charge in [0.1, 0.15) is 12.4 Å². The number of hydrogen-bond acceptors (Lipinski definition) is 4. The van der Waals surface area contributed by atoms with Gasteiger partial charge in [0.2, 0.25) is 0 Å². The van der Waals surface area contributed by atoms with Gasteiger partial charge in [0.05, 0.1) is 16.2 Å². The zero-order chi connectivity index (χ0) is 19.2. The second-order valence-corrected chi connectivity index (χ2v) is 5.96. The van der Waals surface area contributed by atoms with Gasteiger partial charge >= 0.3 is 0 Å². The molecule has 0 aromatic heterocycles. The molecule has 3 aromatic carbocycles. The first-order valence-electron chi connectivity index (χ1n) is 8.37. The number of carbonyl (C=O) groups is 1. The fraction of sp³-hybridized carbons (Fsp3) is 0.0952. The lowest BCUT2D eigenvalue weighted by Gasteiger charge is -2.10. The number of ether oxygens (including phenoxy) is 1. The van der Waals surface area contributed by atoms with Gasteiger partial charge in [-0.3, -0.25) is 14.9 Å². The number of nitro groups is 1. The molecular weight excluding hydrogens is 344 g/mol. The van der Waals surface area contributed by atoms with Crippen LogP contribution in [0.15, 0.2) is 72.8 Å². The highest BCUT2D eigenvalue weighted by atomic mass is 16.6. The molecule has 1 amide bonds. The number of nitrogens with one attached hydrogen (secondary N) is 1. The predicted molar refractivity (Wildman–Crippen MR) is 103 cm³/mol. The Morgan fingerprint density at radius 1 is 1.00 bits per heavy atom. The van der Waals surface area contributed by atoms with Crippen LogP contribution >= 0.6 is 0 Å². The molecular formula is C21H18N2O4. The van der Waals surface area contributed by atoms with Crippen LogP contribution < -0.4 is 10.1 Å². The standard InChI is InChI=1S/C21H18N2O4/c1-15-19(8-5-9-20(15)23(25)26)22-21(24)17-10-12-18(13-11-17)27-14-16-6-3-2-4-7-16/h2-13H,14H2,1H3,(H,22,24). The molecule has 0 bridgehead atoms. The molecule has 1 N–H and O–H groups in total. The van der Waals surface area contributed by atoms with E-state index in [2.05, 4.69) is 5.32 Å². The molecule has 0 aliphatic rings. The number of anilines is 1. The monoisotopic (exact) mass is 362 g/mol. The molecule has 6 nitrogen and oxygen atoms in total. The molecule has 3 rings (SSSR count). The van der Waals surface area contributed by atoms with Gasteiger partial charge in [0.15, 0.2) is 0 Å². The molecule has 0 unspecified atom stereocenters. The van der Waals surface area contributed by atoms with Crippen LogP contribution in [0.1, 0.15) is 21.5 Å². The summed E-state index contributed by atoms with van der Waals surface area (Å²) in [5.74, 6) is 0.315. The summed E-state index contributed by atoms with van der Waals surface area (Å²) < 4.78 is 5.70. The molecule has 0 saturated heterocycles. The van der Waals surface area contributed by atoms with Crippen molar-refractivity contribution in [2.45, 2.75) is 13.5 Å². The highest BCUT2D eigenvalue weighted by Gasteiger charge is 2.15. The lowest BCUT2D eigenvalue weighted by atomic mass is 10.1. The second kappa shape index (κ2) is 8.14. The van der Waals surface area contributed by atoms with E-state index in [0.717, 1.165) is 5.56 Å². The number of rotatable bonds is 6. The Kier molecular flexibility index (Phi) is 5.47. The van der Waals surface area contributed by atoms with E-state index in [4.69, 9.17) is 4.74 Å². The second-order valence-electron chi connectivity index (χ2n) is 5.96. The molecule has 0 heterocycles. The lowest BCUT2D eigenvalue weighted by molar-refractivity contribution is -0.385. The highest BCUT2D eigenvalue weighted by molar-refractivity contribution is 6.04. The van der Waals surface area contributed by atoms with Crippen LogP contribution in [-0.2, 0) is 6.61 Å². The zero-order valence-electron chi connectivity index (χ0n) is 14.7. The third-order valence-corrected chi connectivity index (χ3v) is 4.11. The van der Waals surface area contributed by atoms with Crippen LogP contribution in [0.2, 0.25) is 0 Å². The normalized spacial score (nSPS) is 10.3. The van der Waals surface area contributed by atoms with Crippen molar-refractivity contribution < 1.29 is 14.5 Å². The number of benzene rings is 3. The topological polar surface area (TPSA) is 81.5 Å². The van der Waals surface area contributed by atoms with Crippen molar-refractivity contribution in [1.82, 2.24) is 0 Å². The smallest absolute Gasteiger partial charge is 0.274 e. The number of nitro benzene ring substituents is 1. The van der Waals surface area contributed by atoms with Gasteiger partial charge in [-0.15, -0.1) is 0 Å². The maximum Gasteiger partial charge on any atom is 0.274 e. The molecule has 0 aliphatic carbocycles. The Bertz CT molecular complexity index is 954. The Labute approximate surface area is 156 Å². The van der Waals surface area contributed by atoms with Crippen LogP contribution in [0.3, 0.4) is 0 Å². The summed E-state index contributed by atoms with van der Waals surface area (Å²) in [6.07, 6.45) is 0. The molecule has 0 spiro atoms. The van der Waals surface area contributed by atoms with Gasteiger partial charge in [-0.25, -0.2) is 0 Å². The first-order valence-corrected chi connectivity index (χ1v) is 8.37. The summed E-state index contributed by atoms with van der Waals surface area (Å²) in [5, 5.41) is 13.7. The van der Waals surface area contributed by atoms with Crippen molar-refractivity contribution in [2.24, 2.45) is 0 Å². The first-order chi connectivity index (χ1) is 13.0. The van der Waals surface area contributed by atoms with Crippen LogP contribution in [0.5, 0.6) is 5.75 Å². The molecule has 0 aliphatic heterocycles. The van der Waals surface area contributed by atoms with Crippen LogP contribution in [-0.4, -0.2) is 10.8 Å². The van der Waals surface area contributed by atoms with Gasteiger partial charge in [-0.05, 0) is 42.8 Å². The van der Waals surface area contributed by atoms with Gasteiger partial charge in [-0.1, -0.05) is 36.4 Å². The summed E-state index contributed by atoms with van der Waals surface area (Å²) in [6.45, 7) is 2.05. The highest BCUT2D eigenvalue weighted by Crippen LogP contribution is 2.25. The molecule has 0 saturated carbocycles. The largest absolute Gasteiger partial charge is 0.489 e.